The number of morpholine rings is 1. The Hall–Kier alpha value is -0.660. The van der Waals surface area contributed by atoms with Crippen molar-refractivity contribution in [1.29, 1.82) is 0 Å². The number of halogens is 1. The minimum Gasteiger partial charge on any atom is -0.379 e. The van der Waals surface area contributed by atoms with Crippen LogP contribution in [0.1, 0.15) is 5.56 Å². The second kappa shape index (κ2) is 7.21. The van der Waals surface area contributed by atoms with Crippen LogP contribution in [-0.2, 0) is 21.2 Å². The van der Waals surface area contributed by atoms with Gasteiger partial charge in [-0.15, -0.1) is 12.4 Å². The highest BCUT2D eigenvalue weighted by Crippen LogP contribution is 2.17. The Morgan fingerprint density at radius 2 is 1.74 bits per heavy atom. The lowest BCUT2D eigenvalue weighted by molar-refractivity contribution is 0.0730. The van der Waals surface area contributed by atoms with Crippen LogP contribution < -0.4 is 5.73 Å². The quantitative estimate of drug-likeness (QED) is 0.885. The first-order chi connectivity index (χ1) is 8.64. The second-order valence-corrected chi connectivity index (χ2v) is 6.14. The largest absolute Gasteiger partial charge is 0.379 e. The van der Waals surface area contributed by atoms with Crippen LogP contribution in [0.5, 0.6) is 0 Å². The minimum atomic E-state index is -3.37. The summed E-state index contributed by atoms with van der Waals surface area (Å²) in [6.45, 7) is 2.34. The van der Waals surface area contributed by atoms with Crippen LogP contribution in [0, 0.1) is 0 Å². The summed E-state index contributed by atoms with van der Waals surface area (Å²) in [7, 11) is -3.37. The molecule has 1 heterocycles. The number of benzene rings is 1. The van der Waals surface area contributed by atoms with E-state index in [0.717, 1.165) is 12.0 Å². The molecule has 108 valence electrons. The van der Waals surface area contributed by atoms with E-state index in [1.807, 2.05) is 12.1 Å². The van der Waals surface area contributed by atoms with Crippen LogP contribution in [0.25, 0.3) is 0 Å². The molecule has 1 fully saturated rings. The summed E-state index contributed by atoms with van der Waals surface area (Å²) in [6, 6.07) is 6.94. The molecular formula is C12H19ClN2O3S. The van der Waals surface area contributed by atoms with Crippen molar-refractivity contribution in [3.05, 3.63) is 29.8 Å². The molecule has 1 aliphatic rings. The zero-order valence-corrected chi connectivity index (χ0v) is 12.3. The van der Waals surface area contributed by atoms with E-state index >= 15 is 0 Å². The highest BCUT2D eigenvalue weighted by molar-refractivity contribution is 7.89. The standard InChI is InChI=1S/C12H18N2O3S.ClH/c13-6-5-11-1-3-12(4-2-11)18(15,16)14-7-9-17-10-8-14;/h1-4H,5-10,13H2;1H. The molecule has 0 bridgehead atoms. The summed E-state index contributed by atoms with van der Waals surface area (Å²) < 4.78 is 31.2. The average Bonchev–Trinajstić information content (AvgIpc) is 2.41. The van der Waals surface area contributed by atoms with Crippen LogP contribution in [0.15, 0.2) is 29.2 Å². The average molecular weight is 307 g/mol. The third-order valence-corrected chi connectivity index (χ3v) is 4.88. The fourth-order valence-corrected chi connectivity index (χ4v) is 3.34. The predicted molar refractivity (Wildman–Crippen MR) is 76.0 cm³/mol. The summed E-state index contributed by atoms with van der Waals surface area (Å²) in [4.78, 5) is 0.338. The van der Waals surface area contributed by atoms with Gasteiger partial charge in [0.15, 0.2) is 0 Å². The third-order valence-electron chi connectivity index (χ3n) is 2.96. The van der Waals surface area contributed by atoms with Gasteiger partial charge in [-0.1, -0.05) is 12.1 Å². The maximum Gasteiger partial charge on any atom is 0.243 e. The SMILES string of the molecule is Cl.NCCc1ccc(S(=O)(=O)N2CCOCC2)cc1. The minimum absolute atomic E-state index is 0. The molecule has 1 aromatic carbocycles. The molecule has 1 aromatic rings. The molecule has 0 aromatic heterocycles. The van der Waals surface area contributed by atoms with Crippen molar-refractivity contribution < 1.29 is 13.2 Å². The Kier molecular flexibility index (Phi) is 6.22. The summed E-state index contributed by atoms with van der Waals surface area (Å²) >= 11 is 0. The first-order valence-corrected chi connectivity index (χ1v) is 7.45. The van der Waals surface area contributed by atoms with Crippen LogP contribution in [0.4, 0.5) is 0 Å². The number of ether oxygens (including phenoxy) is 1. The number of hydrogen-bond acceptors (Lipinski definition) is 4. The van der Waals surface area contributed by atoms with Crippen LogP contribution in [0.2, 0.25) is 0 Å². The zero-order valence-electron chi connectivity index (χ0n) is 10.6. The topological polar surface area (TPSA) is 72.6 Å². The monoisotopic (exact) mass is 306 g/mol. The third kappa shape index (κ3) is 3.90. The highest BCUT2D eigenvalue weighted by atomic mass is 35.5. The highest BCUT2D eigenvalue weighted by Gasteiger charge is 2.25. The molecule has 0 saturated carbocycles. The Morgan fingerprint density at radius 1 is 1.16 bits per heavy atom. The van der Waals surface area contributed by atoms with E-state index in [9.17, 15) is 8.42 Å². The zero-order chi connectivity index (χ0) is 13.0. The molecule has 19 heavy (non-hydrogen) atoms. The molecule has 2 N–H and O–H groups in total. The van der Waals surface area contributed by atoms with Gasteiger partial charge in [0.2, 0.25) is 10.0 Å². The number of nitrogens with two attached hydrogens (primary N) is 1. The molecule has 0 aliphatic carbocycles. The van der Waals surface area contributed by atoms with E-state index in [-0.39, 0.29) is 12.4 Å². The number of hydrogen-bond donors (Lipinski definition) is 1. The molecule has 0 radical (unpaired) electrons. The lowest BCUT2D eigenvalue weighted by Gasteiger charge is -2.26. The first-order valence-electron chi connectivity index (χ1n) is 6.01. The Labute approximate surface area is 120 Å². The van der Waals surface area contributed by atoms with Crippen molar-refractivity contribution in [3.8, 4) is 0 Å². The second-order valence-electron chi connectivity index (χ2n) is 4.20. The van der Waals surface area contributed by atoms with Crippen molar-refractivity contribution in [1.82, 2.24) is 4.31 Å². The van der Waals surface area contributed by atoms with Gasteiger partial charge in [0.1, 0.15) is 0 Å². The normalized spacial score (nSPS) is 16.9. The van der Waals surface area contributed by atoms with Gasteiger partial charge >= 0.3 is 0 Å². The molecule has 0 unspecified atom stereocenters. The van der Waals surface area contributed by atoms with Gasteiger partial charge in [0, 0.05) is 13.1 Å². The van der Waals surface area contributed by atoms with Crippen molar-refractivity contribution in [3.63, 3.8) is 0 Å². The summed E-state index contributed by atoms with van der Waals surface area (Å²) in [5.74, 6) is 0. The van der Waals surface area contributed by atoms with Gasteiger partial charge in [-0.2, -0.15) is 4.31 Å². The van der Waals surface area contributed by atoms with E-state index < -0.39 is 10.0 Å². The van der Waals surface area contributed by atoms with Crippen molar-refractivity contribution in [2.24, 2.45) is 5.73 Å². The van der Waals surface area contributed by atoms with Crippen molar-refractivity contribution in [2.75, 3.05) is 32.8 Å². The molecule has 7 heteroatoms. The van der Waals surface area contributed by atoms with Crippen molar-refractivity contribution >= 4 is 22.4 Å². The molecule has 1 aliphatic heterocycles. The summed E-state index contributed by atoms with van der Waals surface area (Å²) in [5, 5.41) is 0. The van der Waals surface area contributed by atoms with Gasteiger partial charge < -0.3 is 10.5 Å². The molecular weight excluding hydrogens is 288 g/mol. The lowest BCUT2D eigenvalue weighted by atomic mass is 10.2. The number of nitrogens with zero attached hydrogens (tertiary/aromatic N) is 1. The molecule has 0 atom stereocenters. The van der Waals surface area contributed by atoms with Crippen LogP contribution in [0.3, 0.4) is 0 Å². The Bertz CT molecular complexity index is 484. The Morgan fingerprint density at radius 3 is 2.26 bits per heavy atom. The smallest absolute Gasteiger partial charge is 0.243 e. The van der Waals surface area contributed by atoms with E-state index in [1.54, 1.807) is 12.1 Å². The number of sulfonamides is 1. The van der Waals surface area contributed by atoms with Gasteiger partial charge in [0.05, 0.1) is 18.1 Å². The van der Waals surface area contributed by atoms with Gasteiger partial charge in [0.25, 0.3) is 0 Å². The van der Waals surface area contributed by atoms with E-state index in [4.69, 9.17) is 10.5 Å². The van der Waals surface area contributed by atoms with Gasteiger partial charge in [-0.05, 0) is 30.7 Å². The molecule has 2 rings (SSSR count). The summed E-state index contributed by atoms with van der Waals surface area (Å²) in [5.41, 5.74) is 6.52. The summed E-state index contributed by atoms with van der Waals surface area (Å²) in [6.07, 6.45) is 0.762. The lowest BCUT2D eigenvalue weighted by Crippen LogP contribution is -2.40. The fourth-order valence-electron chi connectivity index (χ4n) is 1.93. The Balaban J connectivity index is 0.00000180. The molecule has 5 nitrogen and oxygen atoms in total. The van der Waals surface area contributed by atoms with E-state index in [2.05, 4.69) is 0 Å². The molecule has 0 spiro atoms. The maximum absolute atomic E-state index is 12.3. The fraction of sp³-hybridized carbons (Fsp3) is 0.500. The van der Waals surface area contributed by atoms with Crippen LogP contribution >= 0.6 is 12.4 Å². The number of rotatable bonds is 4. The predicted octanol–water partition coefficient (Wildman–Crippen LogP) is 0.630. The molecule has 0 amide bonds. The maximum atomic E-state index is 12.3. The van der Waals surface area contributed by atoms with E-state index in [0.29, 0.717) is 37.7 Å². The van der Waals surface area contributed by atoms with Crippen molar-refractivity contribution in [2.45, 2.75) is 11.3 Å². The molecule has 1 saturated heterocycles. The van der Waals surface area contributed by atoms with Gasteiger partial charge in [-0.3, -0.25) is 0 Å². The first kappa shape index (κ1) is 16.4. The van der Waals surface area contributed by atoms with Crippen LogP contribution in [-0.4, -0.2) is 45.6 Å². The van der Waals surface area contributed by atoms with E-state index in [1.165, 1.54) is 4.31 Å². The van der Waals surface area contributed by atoms with Gasteiger partial charge in [-0.25, -0.2) is 8.42 Å².